The average molecular weight is 360 g/mol. The zero-order valence-electron chi connectivity index (χ0n) is 11.3. The third kappa shape index (κ3) is 7.99. The Hall–Kier alpha value is -1.61. The summed E-state index contributed by atoms with van der Waals surface area (Å²) in [5.74, 6) is 0. The van der Waals surface area contributed by atoms with Crippen LogP contribution in [0.1, 0.15) is 12.8 Å². The first-order valence-electron chi connectivity index (χ1n) is 5.48. The Labute approximate surface area is 140 Å². The van der Waals surface area contributed by atoms with Crippen LogP contribution in [-0.2, 0) is 40.9 Å². The summed E-state index contributed by atoms with van der Waals surface area (Å²) in [5, 5.41) is 0. The third-order valence-corrected chi connectivity index (χ3v) is 4.30. The number of benzene rings is 1. The van der Waals surface area contributed by atoms with Crippen molar-refractivity contribution in [2.45, 2.75) is 17.7 Å². The van der Waals surface area contributed by atoms with E-state index >= 15 is 0 Å². The van der Waals surface area contributed by atoms with Crippen LogP contribution in [0, 0.1) is 20.0 Å². The molecule has 1 aliphatic carbocycles. The van der Waals surface area contributed by atoms with Gasteiger partial charge in [0.1, 0.15) is 0 Å². The normalized spacial score (nSPS) is 11.3. The molecule has 0 radical (unpaired) electrons. The molecule has 0 unspecified atom stereocenters. The van der Waals surface area contributed by atoms with Crippen LogP contribution in [0.4, 0.5) is 0 Å². The first-order valence-corrected chi connectivity index (χ1v) is 6.96. The molecule has 2 rings (SSSR count). The van der Waals surface area contributed by atoms with E-state index in [1.54, 1.807) is 36.4 Å². The second kappa shape index (κ2) is 15.8. The van der Waals surface area contributed by atoms with Crippen LogP contribution in [0.5, 0.6) is 0 Å². The van der Waals surface area contributed by atoms with Crippen molar-refractivity contribution in [3.63, 3.8) is 0 Å². The van der Waals surface area contributed by atoms with Gasteiger partial charge in [0.25, 0.3) is 0 Å². The maximum absolute atomic E-state index is 12.1. The molecule has 0 aromatic heterocycles. The Kier molecular flexibility index (Phi) is 18.2. The molecule has 0 fully saturated rings. The third-order valence-electron chi connectivity index (χ3n) is 2.37. The molecule has 0 bridgehead atoms. The molecule has 0 saturated carbocycles. The zero-order valence-corrected chi connectivity index (χ0v) is 13.3. The minimum Gasteiger partial charge on any atom is 0 e. The van der Waals surface area contributed by atoms with Gasteiger partial charge in [0, 0.05) is 22.0 Å². The van der Waals surface area contributed by atoms with Crippen LogP contribution >= 0.6 is 0 Å². The van der Waals surface area contributed by atoms with Gasteiger partial charge in [-0.3, -0.25) is 0 Å². The average Bonchev–Trinajstić information content (AvgIpc) is 2.62. The quantitative estimate of drug-likeness (QED) is 0.461. The van der Waals surface area contributed by atoms with Crippen LogP contribution < -0.4 is 0 Å². The minimum absolute atomic E-state index is 0. The van der Waals surface area contributed by atoms with Crippen LogP contribution in [-0.4, -0.2) is 8.42 Å². The van der Waals surface area contributed by atoms with E-state index in [2.05, 4.69) is 20.0 Å². The summed E-state index contributed by atoms with van der Waals surface area (Å²) in [4.78, 5) is 0.891. The van der Waals surface area contributed by atoms with Crippen molar-refractivity contribution in [3.05, 3.63) is 73.4 Å². The predicted octanol–water partition coefficient (Wildman–Crippen LogP) is 2.58. The number of sulfone groups is 1. The molecule has 7 heteroatoms. The van der Waals surface area contributed by atoms with Crippen molar-refractivity contribution in [2.24, 2.45) is 0 Å². The molecule has 0 heterocycles. The van der Waals surface area contributed by atoms with Gasteiger partial charge in [-0.15, -0.1) is 0 Å². The van der Waals surface area contributed by atoms with Crippen LogP contribution in [0.25, 0.3) is 0 Å². The van der Waals surface area contributed by atoms with Gasteiger partial charge in [-0.2, -0.15) is 0 Å². The van der Waals surface area contributed by atoms with E-state index in [1.807, 2.05) is 12.1 Å². The SMILES string of the molecule is O=S(=O)(C1=CC=CCC1)c1ccccc1.[C-]#[O+].[C-]#[O+].[C-]#[O+].[Fe]. The van der Waals surface area contributed by atoms with Crippen molar-refractivity contribution in [2.75, 3.05) is 0 Å². The summed E-state index contributed by atoms with van der Waals surface area (Å²) in [5.41, 5.74) is 0. The van der Waals surface area contributed by atoms with Crippen LogP contribution in [0.3, 0.4) is 0 Å². The van der Waals surface area contributed by atoms with Gasteiger partial charge in [-0.1, -0.05) is 30.4 Å². The fraction of sp³-hybridized carbons (Fsp3) is 0.133. The summed E-state index contributed by atoms with van der Waals surface area (Å²) in [6, 6.07) is 8.56. The van der Waals surface area contributed by atoms with Crippen molar-refractivity contribution in [1.29, 1.82) is 0 Å². The van der Waals surface area contributed by atoms with Gasteiger partial charge >= 0.3 is 33.9 Å². The molecule has 0 saturated heterocycles. The molecule has 0 N–H and O–H groups in total. The van der Waals surface area contributed by atoms with Gasteiger partial charge in [0.15, 0.2) is 0 Å². The molecule has 0 aliphatic heterocycles. The molecule has 0 amide bonds. The molecule has 116 valence electrons. The Balaban J connectivity index is -0.000000463. The summed E-state index contributed by atoms with van der Waals surface area (Å²) in [6.07, 6.45) is 6.88. The topological polar surface area (TPSA) is 93.8 Å². The van der Waals surface area contributed by atoms with Crippen molar-refractivity contribution in [3.8, 4) is 0 Å². The molecule has 5 nitrogen and oxygen atoms in total. The molecule has 0 atom stereocenters. The number of allylic oxidation sites excluding steroid dienone is 4. The van der Waals surface area contributed by atoms with Gasteiger partial charge in [0.2, 0.25) is 9.84 Å². The minimum atomic E-state index is -3.25. The van der Waals surface area contributed by atoms with Gasteiger partial charge in [0.05, 0.1) is 4.90 Å². The van der Waals surface area contributed by atoms with Gasteiger partial charge in [-0.05, 0) is 31.1 Å². The molecular formula is C15H12FeO5S. The second-order valence-corrected chi connectivity index (χ2v) is 5.42. The summed E-state index contributed by atoms with van der Waals surface area (Å²) >= 11 is 0. The fourth-order valence-corrected chi connectivity index (χ4v) is 3.02. The molecular weight excluding hydrogens is 348 g/mol. The monoisotopic (exact) mass is 360 g/mol. The van der Waals surface area contributed by atoms with Crippen LogP contribution in [0.2, 0.25) is 0 Å². The number of rotatable bonds is 2. The van der Waals surface area contributed by atoms with E-state index in [0.717, 1.165) is 6.42 Å². The van der Waals surface area contributed by atoms with E-state index < -0.39 is 9.84 Å². The first kappa shape index (κ1) is 25.3. The van der Waals surface area contributed by atoms with Crippen molar-refractivity contribution in [1.82, 2.24) is 0 Å². The van der Waals surface area contributed by atoms with Crippen LogP contribution in [0.15, 0.2) is 58.4 Å². The maximum atomic E-state index is 12.1. The zero-order chi connectivity index (χ0) is 16.7. The van der Waals surface area contributed by atoms with Crippen molar-refractivity contribution < 1.29 is 39.4 Å². The summed E-state index contributed by atoms with van der Waals surface area (Å²) < 4.78 is 46.7. The largest absolute Gasteiger partial charge is 0 e. The fourth-order valence-electron chi connectivity index (χ4n) is 1.56. The first-order chi connectivity index (χ1) is 10.2. The van der Waals surface area contributed by atoms with E-state index in [-0.39, 0.29) is 17.1 Å². The van der Waals surface area contributed by atoms with Crippen molar-refractivity contribution >= 4 is 9.84 Å². The summed E-state index contributed by atoms with van der Waals surface area (Å²) in [6.45, 7) is 13.5. The van der Waals surface area contributed by atoms with E-state index in [9.17, 15) is 8.42 Å². The van der Waals surface area contributed by atoms with Gasteiger partial charge in [-0.25, -0.2) is 8.42 Å². The molecule has 1 aliphatic rings. The predicted molar refractivity (Wildman–Crippen MR) is 71.9 cm³/mol. The Morgan fingerprint density at radius 1 is 0.909 bits per heavy atom. The maximum Gasteiger partial charge on any atom is 0 e. The number of hydrogen-bond donors (Lipinski definition) is 0. The Morgan fingerprint density at radius 2 is 1.41 bits per heavy atom. The smallest absolute Gasteiger partial charge is 0 e. The molecule has 1 aromatic rings. The Bertz CT molecular complexity index is 611. The standard InChI is InChI=1S/C12H12O2S.3CO.Fe/c13-15(14,11-7-3-1-4-8-11)12-9-5-2-6-10-12;3*1-2;/h1-5,7-9H,6,10H2;;;;. The second-order valence-electron chi connectivity index (χ2n) is 3.42. The molecule has 22 heavy (non-hydrogen) atoms. The number of hydrogen-bond acceptors (Lipinski definition) is 2. The molecule has 0 spiro atoms. The van der Waals surface area contributed by atoms with E-state index in [0.29, 0.717) is 16.2 Å². The molecule has 1 aromatic carbocycles. The summed E-state index contributed by atoms with van der Waals surface area (Å²) in [7, 11) is -3.25. The van der Waals surface area contributed by atoms with E-state index in [4.69, 9.17) is 14.0 Å². The van der Waals surface area contributed by atoms with E-state index in [1.165, 1.54) is 0 Å². The Morgan fingerprint density at radius 3 is 1.82 bits per heavy atom. The van der Waals surface area contributed by atoms with Gasteiger partial charge < -0.3 is 0 Å².